The number of halogens is 2. The van der Waals surface area contributed by atoms with E-state index in [1.54, 1.807) is 0 Å². The SMILES string of the molecule is CC(C)CNC(=O)c1cc(C(=O)Nc2ccc(F)c(F)c2)ccn1. The summed E-state index contributed by atoms with van der Waals surface area (Å²) in [7, 11) is 0. The molecule has 2 rings (SSSR count). The quantitative estimate of drug-likeness (QED) is 0.883. The standard InChI is InChI=1S/C17H17F2N3O2/c1-10(2)9-21-17(24)15-7-11(5-6-20-15)16(23)22-12-3-4-13(18)14(19)8-12/h3-8,10H,9H2,1-2H3,(H,21,24)(H,22,23). The molecule has 1 aromatic heterocycles. The van der Waals surface area contributed by atoms with Gasteiger partial charge < -0.3 is 10.6 Å². The molecule has 0 unspecified atom stereocenters. The predicted octanol–water partition coefficient (Wildman–Crippen LogP) is 3.00. The van der Waals surface area contributed by atoms with Crippen molar-refractivity contribution in [2.75, 3.05) is 11.9 Å². The largest absolute Gasteiger partial charge is 0.350 e. The Labute approximate surface area is 138 Å². The van der Waals surface area contributed by atoms with Gasteiger partial charge in [0.1, 0.15) is 5.69 Å². The van der Waals surface area contributed by atoms with Crippen molar-refractivity contribution < 1.29 is 18.4 Å². The lowest BCUT2D eigenvalue weighted by Crippen LogP contribution is -2.28. The Morgan fingerprint density at radius 2 is 1.83 bits per heavy atom. The highest BCUT2D eigenvalue weighted by atomic mass is 19.2. The molecular formula is C17H17F2N3O2. The molecule has 0 saturated carbocycles. The second kappa shape index (κ2) is 7.63. The molecule has 0 aliphatic rings. The lowest BCUT2D eigenvalue weighted by molar-refractivity contribution is 0.0944. The maximum atomic E-state index is 13.2. The summed E-state index contributed by atoms with van der Waals surface area (Å²) in [5, 5.41) is 5.14. The molecule has 0 aliphatic heterocycles. The van der Waals surface area contributed by atoms with Gasteiger partial charge in [0, 0.05) is 30.1 Å². The number of hydrogen-bond acceptors (Lipinski definition) is 3. The van der Waals surface area contributed by atoms with Crippen LogP contribution in [-0.4, -0.2) is 23.3 Å². The van der Waals surface area contributed by atoms with Crippen molar-refractivity contribution in [3.05, 3.63) is 59.4 Å². The molecule has 0 bridgehead atoms. The molecule has 126 valence electrons. The minimum absolute atomic E-state index is 0.105. The fraction of sp³-hybridized carbons (Fsp3) is 0.235. The van der Waals surface area contributed by atoms with Gasteiger partial charge in [-0.15, -0.1) is 0 Å². The first-order valence-corrected chi connectivity index (χ1v) is 7.37. The average Bonchev–Trinajstić information content (AvgIpc) is 2.56. The zero-order valence-electron chi connectivity index (χ0n) is 13.3. The Balaban J connectivity index is 2.11. The highest BCUT2D eigenvalue weighted by Gasteiger charge is 2.13. The molecule has 5 nitrogen and oxygen atoms in total. The van der Waals surface area contributed by atoms with Crippen LogP contribution in [0.25, 0.3) is 0 Å². The van der Waals surface area contributed by atoms with Gasteiger partial charge in [0.2, 0.25) is 0 Å². The number of rotatable bonds is 5. The Bertz CT molecular complexity index is 763. The van der Waals surface area contributed by atoms with Crippen LogP contribution in [-0.2, 0) is 0 Å². The minimum Gasteiger partial charge on any atom is -0.350 e. The van der Waals surface area contributed by atoms with Crippen LogP contribution in [0.2, 0.25) is 0 Å². The second-order valence-electron chi connectivity index (χ2n) is 5.62. The molecule has 1 aromatic carbocycles. The first-order valence-electron chi connectivity index (χ1n) is 7.37. The van der Waals surface area contributed by atoms with E-state index in [9.17, 15) is 18.4 Å². The zero-order chi connectivity index (χ0) is 17.7. The Kier molecular flexibility index (Phi) is 5.57. The topological polar surface area (TPSA) is 71.1 Å². The molecule has 0 atom stereocenters. The Morgan fingerprint density at radius 1 is 1.08 bits per heavy atom. The molecule has 0 aliphatic carbocycles. The third kappa shape index (κ3) is 4.58. The number of pyridine rings is 1. The van der Waals surface area contributed by atoms with Gasteiger partial charge in [-0.05, 0) is 30.2 Å². The van der Waals surface area contributed by atoms with E-state index in [2.05, 4.69) is 15.6 Å². The molecule has 24 heavy (non-hydrogen) atoms. The highest BCUT2D eigenvalue weighted by Crippen LogP contribution is 2.14. The van der Waals surface area contributed by atoms with Crippen LogP contribution in [0.1, 0.15) is 34.7 Å². The van der Waals surface area contributed by atoms with Crippen LogP contribution in [0.15, 0.2) is 36.5 Å². The maximum Gasteiger partial charge on any atom is 0.269 e. The Morgan fingerprint density at radius 3 is 2.50 bits per heavy atom. The van der Waals surface area contributed by atoms with Gasteiger partial charge in [-0.2, -0.15) is 0 Å². The van der Waals surface area contributed by atoms with E-state index in [0.29, 0.717) is 6.54 Å². The zero-order valence-corrected chi connectivity index (χ0v) is 13.3. The Hall–Kier alpha value is -2.83. The van der Waals surface area contributed by atoms with E-state index in [4.69, 9.17) is 0 Å². The first kappa shape index (κ1) is 17.5. The van der Waals surface area contributed by atoms with Gasteiger partial charge in [-0.1, -0.05) is 13.8 Å². The summed E-state index contributed by atoms with van der Waals surface area (Å²) >= 11 is 0. The van der Waals surface area contributed by atoms with E-state index in [1.165, 1.54) is 24.4 Å². The van der Waals surface area contributed by atoms with Crippen molar-refractivity contribution in [2.24, 2.45) is 5.92 Å². The van der Waals surface area contributed by atoms with Crippen molar-refractivity contribution in [2.45, 2.75) is 13.8 Å². The summed E-state index contributed by atoms with van der Waals surface area (Å²) < 4.78 is 26.1. The van der Waals surface area contributed by atoms with E-state index in [0.717, 1.165) is 12.1 Å². The predicted molar refractivity (Wildman–Crippen MR) is 85.7 cm³/mol. The van der Waals surface area contributed by atoms with Crippen LogP contribution in [0.3, 0.4) is 0 Å². The number of carbonyl (C=O) groups is 2. The van der Waals surface area contributed by atoms with Gasteiger partial charge in [0.25, 0.3) is 11.8 Å². The minimum atomic E-state index is -1.06. The van der Waals surface area contributed by atoms with Crippen molar-refractivity contribution in [3.63, 3.8) is 0 Å². The molecule has 0 spiro atoms. The molecule has 2 amide bonds. The first-order chi connectivity index (χ1) is 11.4. The summed E-state index contributed by atoms with van der Waals surface area (Å²) in [6, 6.07) is 5.81. The van der Waals surface area contributed by atoms with E-state index < -0.39 is 17.5 Å². The van der Waals surface area contributed by atoms with Crippen LogP contribution in [0.5, 0.6) is 0 Å². The molecule has 0 radical (unpaired) electrons. The number of anilines is 1. The molecule has 0 fully saturated rings. The van der Waals surface area contributed by atoms with E-state index in [-0.39, 0.29) is 28.8 Å². The summed E-state index contributed by atoms with van der Waals surface area (Å²) in [6.07, 6.45) is 1.34. The lowest BCUT2D eigenvalue weighted by atomic mass is 10.2. The fourth-order valence-electron chi connectivity index (χ4n) is 1.86. The normalized spacial score (nSPS) is 10.5. The van der Waals surface area contributed by atoms with Crippen LogP contribution >= 0.6 is 0 Å². The number of benzene rings is 1. The monoisotopic (exact) mass is 333 g/mol. The molecule has 0 saturated heterocycles. The number of carbonyl (C=O) groups excluding carboxylic acids is 2. The highest BCUT2D eigenvalue weighted by molar-refractivity contribution is 6.05. The average molecular weight is 333 g/mol. The van der Waals surface area contributed by atoms with Crippen molar-refractivity contribution >= 4 is 17.5 Å². The smallest absolute Gasteiger partial charge is 0.269 e. The summed E-state index contributed by atoms with van der Waals surface area (Å²) in [5.41, 5.74) is 0.402. The van der Waals surface area contributed by atoms with Crippen LogP contribution in [0.4, 0.5) is 14.5 Å². The molecule has 2 aromatic rings. The number of aromatic nitrogens is 1. The summed E-state index contributed by atoms with van der Waals surface area (Å²) in [5.74, 6) is -2.71. The number of nitrogens with one attached hydrogen (secondary N) is 2. The van der Waals surface area contributed by atoms with Gasteiger partial charge in [-0.25, -0.2) is 8.78 Å². The number of hydrogen-bond donors (Lipinski definition) is 2. The molecule has 7 heteroatoms. The molecule has 1 heterocycles. The van der Waals surface area contributed by atoms with Crippen molar-refractivity contribution in [1.29, 1.82) is 0 Å². The van der Waals surface area contributed by atoms with Crippen LogP contribution < -0.4 is 10.6 Å². The third-order valence-electron chi connectivity index (χ3n) is 3.10. The van der Waals surface area contributed by atoms with Crippen molar-refractivity contribution in [1.82, 2.24) is 10.3 Å². The number of nitrogens with zero attached hydrogens (tertiary/aromatic N) is 1. The van der Waals surface area contributed by atoms with Crippen molar-refractivity contribution in [3.8, 4) is 0 Å². The third-order valence-corrected chi connectivity index (χ3v) is 3.10. The summed E-state index contributed by atoms with van der Waals surface area (Å²) in [6.45, 7) is 4.41. The van der Waals surface area contributed by atoms with Gasteiger partial charge in [0.05, 0.1) is 0 Å². The van der Waals surface area contributed by atoms with E-state index in [1.807, 2.05) is 13.8 Å². The van der Waals surface area contributed by atoms with Gasteiger partial charge in [-0.3, -0.25) is 14.6 Å². The number of amides is 2. The fourth-order valence-corrected chi connectivity index (χ4v) is 1.86. The second-order valence-corrected chi connectivity index (χ2v) is 5.62. The maximum absolute atomic E-state index is 13.2. The lowest BCUT2D eigenvalue weighted by Gasteiger charge is -2.09. The van der Waals surface area contributed by atoms with Gasteiger partial charge in [0.15, 0.2) is 11.6 Å². The molecular weight excluding hydrogens is 316 g/mol. The summed E-state index contributed by atoms with van der Waals surface area (Å²) in [4.78, 5) is 28.1. The van der Waals surface area contributed by atoms with Gasteiger partial charge >= 0.3 is 0 Å². The van der Waals surface area contributed by atoms with Crippen LogP contribution in [0, 0.1) is 17.6 Å². The van der Waals surface area contributed by atoms with E-state index >= 15 is 0 Å². The molecule has 2 N–H and O–H groups in total.